The van der Waals surface area contributed by atoms with Crippen molar-refractivity contribution in [2.24, 2.45) is 5.10 Å². The lowest BCUT2D eigenvalue weighted by atomic mass is 10.1. The van der Waals surface area contributed by atoms with E-state index in [2.05, 4.69) is 31.4 Å². The summed E-state index contributed by atoms with van der Waals surface area (Å²) in [7, 11) is 0. The van der Waals surface area contributed by atoms with E-state index in [-0.39, 0.29) is 5.69 Å². The maximum Gasteiger partial charge on any atom is 0.416 e. The molecule has 0 radical (unpaired) electrons. The molecule has 6 nitrogen and oxygen atoms in total. The van der Waals surface area contributed by atoms with Crippen LogP contribution in [-0.2, 0) is 6.18 Å². The van der Waals surface area contributed by atoms with Gasteiger partial charge in [-0.25, -0.2) is 0 Å². The molecule has 0 aliphatic rings. The molecule has 0 spiro atoms. The van der Waals surface area contributed by atoms with Crippen LogP contribution in [0.2, 0.25) is 0 Å². The monoisotopic (exact) mass is 458 g/mol. The Morgan fingerprint density at radius 3 is 2.43 bits per heavy atom. The molecule has 0 aliphatic carbocycles. The summed E-state index contributed by atoms with van der Waals surface area (Å²) < 4.78 is 39.1. The SMILES string of the molecule is CCN(CC)c1ccc(/C=N\Nc2ccc(C(F)(F)F)cc2[N+](=O)[O-])cc1Br. The summed E-state index contributed by atoms with van der Waals surface area (Å²) >= 11 is 3.50. The highest BCUT2D eigenvalue weighted by molar-refractivity contribution is 9.10. The third-order valence-electron chi connectivity index (χ3n) is 4.00. The first-order valence-electron chi connectivity index (χ1n) is 8.36. The second-order valence-corrected chi connectivity index (χ2v) is 6.59. The van der Waals surface area contributed by atoms with E-state index in [1.54, 1.807) is 0 Å². The van der Waals surface area contributed by atoms with E-state index in [0.29, 0.717) is 11.6 Å². The zero-order chi connectivity index (χ0) is 20.9. The normalized spacial score (nSPS) is 11.6. The average Bonchev–Trinajstić information content (AvgIpc) is 2.63. The molecule has 2 aromatic carbocycles. The summed E-state index contributed by atoms with van der Waals surface area (Å²) in [5, 5.41) is 15.0. The molecule has 0 fully saturated rings. The smallest absolute Gasteiger partial charge is 0.371 e. The molecule has 0 bridgehead atoms. The molecule has 0 aromatic heterocycles. The predicted molar refractivity (Wildman–Crippen MR) is 107 cm³/mol. The lowest BCUT2D eigenvalue weighted by molar-refractivity contribution is -0.384. The van der Waals surface area contributed by atoms with E-state index in [1.807, 2.05) is 32.0 Å². The van der Waals surface area contributed by atoms with Crippen LogP contribution < -0.4 is 10.3 Å². The van der Waals surface area contributed by atoms with E-state index in [4.69, 9.17) is 0 Å². The minimum atomic E-state index is -4.66. The fraction of sp³-hybridized carbons (Fsp3) is 0.278. The summed E-state index contributed by atoms with van der Waals surface area (Å²) in [5.74, 6) is 0. The number of nitro benzene ring substituents is 1. The van der Waals surface area contributed by atoms with Gasteiger partial charge in [0.05, 0.1) is 22.4 Å². The zero-order valence-corrected chi connectivity index (χ0v) is 16.7. The highest BCUT2D eigenvalue weighted by atomic mass is 79.9. The second-order valence-electron chi connectivity index (χ2n) is 5.74. The highest BCUT2D eigenvalue weighted by Gasteiger charge is 2.33. The standard InChI is InChI=1S/C18H18BrF3N4O2/c1-3-25(4-2)16-8-5-12(9-14(16)19)11-23-24-15-7-6-13(18(20,21)22)10-17(15)26(27)28/h5-11,24H,3-4H2,1-2H3/b23-11-. The van der Waals surface area contributed by atoms with Crippen molar-refractivity contribution in [3.05, 3.63) is 62.1 Å². The van der Waals surface area contributed by atoms with Crippen LogP contribution in [0.25, 0.3) is 0 Å². The zero-order valence-electron chi connectivity index (χ0n) is 15.1. The Bertz CT molecular complexity index is 884. The number of benzene rings is 2. The van der Waals surface area contributed by atoms with Gasteiger partial charge >= 0.3 is 6.18 Å². The molecule has 1 N–H and O–H groups in total. The quantitative estimate of drug-likeness (QED) is 0.329. The number of hydrogen-bond donors (Lipinski definition) is 1. The molecule has 0 amide bonds. The molecule has 0 aliphatic heterocycles. The van der Waals surface area contributed by atoms with Crippen molar-refractivity contribution in [1.82, 2.24) is 0 Å². The Hall–Kier alpha value is -2.62. The van der Waals surface area contributed by atoms with Crippen molar-refractivity contribution in [3.8, 4) is 0 Å². The largest absolute Gasteiger partial charge is 0.416 e. The number of alkyl halides is 3. The number of nitro groups is 1. The molecule has 28 heavy (non-hydrogen) atoms. The molecule has 150 valence electrons. The van der Waals surface area contributed by atoms with E-state index in [1.165, 1.54) is 6.21 Å². The minimum absolute atomic E-state index is 0.131. The number of hydrogen-bond acceptors (Lipinski definition) is 5. The van der Waals surface area contributed by atoms with Crippen molar-refractivity contribution < 1.29 is 18.1 Å². The van der Waals surface area contributed by atoms with Gasteiger partial charge in [0.25, 0.3) is 5.69 Å². The first-order valence-corrected chi connectivity index (χ1v) is 9.15. The summed E-state index contributed by atoms with van der Waals surface area (Å²) in [6, 6.07) is 7.80. The summed E-state index contributed by atoms with van der Waals surface area (Å²) in [6.45, 7) is 5.79. The van der Waals surface area contributed by atoms with Crippen molar-refractivity contribution in [2.45, 2.75) is 20.0 Å². The lowest BCUT2D eigenvalue weighted by Gasteiger charge is -2.22. The molecule has 0 saturated carbocycles. The Morgan fingerprint density at radius 2 is 1.89 bits per heavy atom. The molecule has 2 rings (SSSR count). The molecule has 0 unspecified atom stereocenters. The maximum absolute atomic E-state index is 12.7. The number of rotatable bonds is 7. The molecular weight excluding hydrogens is 441 g/mol. The summed E-state index contributed by atoms with van der Waals surface area (Å²) in [4.78, 5) is 12.3. The first-order chi connectivity index (χ1) is 13.2. The number of anilines is 2. The van der Waals surface area contributed by atoms with Crippen LogP contribution in [0, 0.1) is 10.1 Å². The Balaban J connectivity index is 2.21. The maximum atomic E-state index is 12.7. The summed E-state index contributed by atoms with van der Waals surface area (Å²) in [5.41, 5.74) is 2.24. The van der Waals surface area contributed by atoms with Gasteiger partial charge < -0.3 is 4.90 Å². The third-order valence-corrected chi connectivity index (χ3v) is 4.63. The van der Waals surface area contributed by atoms with Gasteiger partial charge in [0.2, 0.25) is 0 Å². The van der Waals surface area contributed by atoms with Crippen molar-refractivity contribution >= 4 is 39.2 Å². The van der Waals surface area contributed by atoms with E-state index in [9.17, 15) is 23.3 Å². The van der Waals surface area contributed by atoms with Gasteiger partial charge in [-0.2, -0.15) is 18.3 Å². The van der Waals surface area contributed by atoms with Crippen LogP contribution in [0.3, 0.4) is 0 Å². The molecule has 0 atom stereocenters. The van der Waals surface area contributed by atoms with Crippen LogP contribution in [0.5, 0.6) is 0 Å². The molecule has 0 heterocycles. The lowest BCUT2D eigenvalue weighted by Crippen LogP contribution is -2.22. The van der Waals surface area contributed by atoms with Crippen LogP contribution in [0.1, 0.15) is 25.0 Å². The van der Waals surface area contributed by atoms with Gasteiger partial charge in [0.15, 0.2) is 0 Å². The highest BCUT2D eigenvalue weighted by Crippen LogP contribution is 2.35. The van der Waals surface area contributed by atoms with Crippen LogP contribution in [0.4, 0.5) is 30.2 Å². The molecule has 2 aromatic rings. The fourth-order valence-electron chi connectivity index (χ4n) is 2.55. The van der Waals surface area contributed by atoms with Crippen LogP contribution in [0.15, 0.2) is 46.0 Å². The average molecular weight is 459 g/mol. The number of halogens is 4. The van der Waals surface area contributed by atoms with E-state index in [0.717, 1.165) is 35.4 Å². The second kappa shape index (κ2) is 9.05. The molecular formula is C18H18BrF3N4O2. The topological polar surface area (TPSA) is 70.8 Å². The Morgan fingerprint density at radius 1 is 1.21 bits per heavy atom. The predicted octanol–water partition coefficient (Wildman–Crippen LogP) is 5.67. The van der Waals surface area contributed by atoms with Crippen LogP contribution >= 0.6 is 15.9 Å². The van der Waals surface area contributed by atoms with Gasteiger partial charge in [-0.3, -0.25) is 15.5 Å². The Kier molecular flexibility index (Phi) is 7.00. The number of nitrogens with zero attached hydrogens (tertiary/aromatic N) is 3. The van der Waals surface area contributed by atoms with Gasteiger partial charge in [-0.1, -0.05) is 6.07 Å². The van der Waals surface area contributed by atoms with Crippen molar-refractivity contribution in [3.63, 3.8) is 0 Å². The van der Waals surface area contributed by atoms with E-state index >= 15 is 0 Å². The van der Waals surface area contributed by atoms with Gasteiger partial charge in [-0.15, -0.1) is 0 Å². The Labute approximate surface area is 168 Å². The van der Waals surface area contributed by atoms with Gasteiger partial charge in [0.1, 0.15) is 5.69 Å². The van der Waals surface area contributed by atoms with Gasteiger partial charge in [0, 0.05) is 23.6 Å². The van der Waals surface area contributed by atoms with E-state index < -0.39 is 22.4 Å². The molecule has 10 heteroatoms. The van der Waals surface area contributed by atoms with Crippen molar-refractivity contribution in [2.75, 3.05) is 23.4 Å². The number of nitrogens with one attached hydrogen (secondary N) is 1. The van der Waals surface area contributed by atoms with Crippen LogP contribution in [-0.4, -0.2) is 24.2 Å². The minimum Gasteiger partial charge on any atom is -0.371 e. The summed E-state index contributed by atoms with van der Waals surface area (Å²) in [6.07, 6.45) is -3.23. The number of hydrazone groups is 1. The van der Waals surface area contributed by atoms with Crippen molar-refractivity contribution in [1.29, 1.82) is 0 Å². The first kappa shape index (κ1) is 21.7. The fourth-order valence-corrected chi connectivity index (χ4v) is 3.20. The third kappa shape index (κ3) is 5.22. The van der Waals surface area contributed by atoms with Gasteiger partial charge in [-0.05, 0) is 59.6 Å². The molecule has 0 saturated heterocycles.